The van der Waals surface area contributed by atoms with Gasteiger partial charge in [-0.15, -0.1) is 0 Å². The van der Waals surface area contributed by atoms with Gasteiger partial charge in [0.1, 0.15) is 0 Å². The number of esters is 1. The topological polar surface area (TPSA) is 116 Å². The number of benzene rings is 1. The smallest absolute Gasteiger partial charge is 0.361 e. The Hall–Kier alpha value is -3.23. The number of hydrogen-bond acceptors (Lipinski definition) is 6. The fourth-order valence-corrected chi connectivity index (χ4v) is 2.05. The van der Waals surface area contributed by atoms with Gasteiger partial charge in [-0.2, -0.15) is 5.10 Å². The van der Waals surface area contributed by atoms with Crippen LogP contribution < -0.4 is 5.32 Å². The lowest BCUT2D eigenvalue weighted by Gasteiger charge is -2.08. The monoisotopic (exact) mass is 346 g/mol. The van der Waals surface area contributed by atoms with E-state index in [-0.39, 0.29) is 28.7 Å². The minimum atomic E-state index is -0.656. The first-order valence-corrected chi connectivity index (χ1v) is 7.66. The van der Waals surface area contributed by atoms with Gasteiger partial charge in [0.2, 0.25) is 0 Å². The van der Waals surface area contributed by atoms with Crippen molar-refractivity contribution in [2.45, 2.75) is 33.4 Å². The fourth-order valence-electron chi connectivity index (χ4n) is 2.05. The Morgan fingerprint density at radius 3 is 2.72 bits per heavy atom. The van der Waals surface area contributed by atoms with Crippen molar-refractivity contribution in [1.29, 1.82) is 0 Å². The standard InChI is InChI=1S/C16H18N4O5/c1-4-19-9-13(14(18-19)16(22)25-10(2)3)17-15(21)11-6-5-7-12(8-11)20(23)24/h5-10H,4H2,1-3H3,(H,17,21). The number of rotatable bonds is 6. The van der Waals surface area contributed by atoms with Crippen LogP contribution in [0.3, 0.4) is 0 Å². The highest BCUT2D eigenvalue weighted by molar-refractivity contribution is 6.07. The van der Waals surface area contributed by atoms with Gasteiger partial charge >= 0.3 is 5.97 Å². The summed E-state index contributed by atoms with van der Waals surface area (Å²) in [6.07, 6.45) is 1.17. The first kappa shape index (κ1) is 18.1. The van der Waals surface area contributed by atoms with E-state index in [4.69, 9.17) is 4.74 Å². The summed E-state index contributed by atoms with van der Waals surface area (Å²) >= 11 is 0. The summed E-state index contributed by atoms with van der Waals surface area (Å²) in [4.78, 5) is 34.7. The molecule has 0 unspecified atom stereocenters. The molecule has 0 saturated heterocycles. The van der Waals surface area contributed by atoms with Crippen molar-refractivity contribution in [1.82, 2.24) is 9.78 Å². The zero-order valence-electron chi connectivity index (χ0n) is 14.1. The van der Waals surface area contributed by atoms with Crippen LogP contribution in [0.25, 0.3) is 0 Å². The predicted octanol–water partition coefficient (Wildman–Crippen LogP) is 2.63. The number of non-ortho nitro benzene ring substituents is 1. The molecule has 1 amide bonds. The number of hydrogen-bond donors (Lipinski definition) is 1. The number of carbonyl (C=O) groups is 2. The summed E-state index contributed by atoms with van der Waals surface area (Å²) in [6.45, 7) is 5.73. The normalized spacial score (nSPS) is 10.6. The number of nitrogens with zero attached hydrogens (tertiary/aromatic N) is 3. The molecule has 132 valence electrons. The molecule has 2 rings (SSSR count). The summed E-state index contributed by atoms with van der Waals surface area (Å²) in [5.74, 6) is -1.24. The molecule has 0 aliphatic carbocycles. The lowest BCUT2D eigenvalue weighted by Crippen LogP contribution is -2.17. The second kappa shape index (κ2) is 7.56. The molecule has 1 aromatic heterocycles. The first-order valence-electron chi connectivity index (χ1n) is 7.66. The van der Waals surface area contributed by atoms with Crippen LogP contribution in [-0.4, -0.2) is 32.7 Å². The van der Waals surface area contributed by atoms with Crippen molar-refractivity contribution >= 4 is 23.3 Å². The van der Waals surface area contributed by atoms with Crippen molar-refractivity contribution in [2.24, 2.45) is 0 Å². The molecule has 9 nitrogen and oxygen atoms in total. The Morgan fingerprint density at radius 2 is 2.12 bits per heavy atom. The van der Waals surface area contributed by atoms with E-state index in [1.165, 1.54) is 29.1 Å². The molecular weight excluding hydrogens is 328 g/mol. The second-order valence-electron chi connectivity index (χ2n) is 5.46. The number of nitro groups is 1. The summed E-state index contributed by atoms with van der Waals surface area (Å²) < 4.78 is 6.60. The Kier molecular flexibility index (Phi) is 5.48. The van der Waals surface area contributed by atoms with Crippen LogP contribution in [0.4, 0.5) is 11.4 Å². The molecule has 1 N–H and O–H groups in total. The second-order valence-corrected chi connectivity index (χ2v) is 5.46. The maximum Gasteiger partial charge on any atom is 0.361 e. The van der Waals surface area contributed by atoms with Crippen molar-refractivity contribution in [3.05, 3.63) is 51.8 Å². The highest BCUT2D eigenvalue weighted by Crippen LogP contribution is 2.19. The van der Waals surface area contributed by atoms with Crippen molar-refractivity contribution in [3.63, 3.8) is 0 Å². The van der Waals surface area contributed by atoms with E-state index in [0.717, 1.165) is 6.07 Å². The van der Waals surface area contributed by atoms with Crippen molar-refractivity contribution in [3.8, 4) is 0 Å². The number of ether oxygens (including phenoxy) is 1. The van der Waals surface area contributed by atoms with Gasteiger partial charge in [0, 0.05) is 30.4 Å². The average Bonchev–Trinajstić information content (AvgIpc) is 2.97. The van der Waals surface area contributed by atoms with Crippen LogP contribution in [-0.2, 0) is 11.3 Å². The van der Waals surface area contributed by atoms with E-state index in [0.29, 0.717) is 6.54 Å². The SMILES string of the molecule is CCn1cc(NC(=O)c2cccc([N+](=O)[O-])c2)c(C(=O)OC(C)C)n1. The van der Waals surface area contributed by atoms with Gasteiger partial charge in [0.15, 0.2) is 5.69 Å². The molecule has 0 radical (unpaired) electrons. The molecule has 1 aromatic carbocycles. The summed E-state index contributed by atoms with van der Waals surface area (Å²) in [5, 5.41) is 17.5. The molecule has 0 fully saturated rings. The maximum atomic E-state index is 12.4. The zero-order valence-corrected chi connectivity index (χ0v) is 14.1. The highest BCUT2D eigenvalue weighted by Gasteiger charge is 2.21. The third-order valence-corrected chi connectivity index (χ3v) is 3.19. The van der Waals surface area contributed by atoms with Gasteiger partial charge in [0.05, 0.1) is 16.7 Å². The third kappa shape index (κ3) is 4.40. The van der Waals surface area contributed by atoms with E-state index >= 15 is 0 Å². The van der Waals surface area contributed by atoms with Crippen LogP contribution in [0.1, 0.15) is 41.6 Å². The predicted molar refractivity (Wildman–Crippen MR) is 89.5 cm³/mol. The van der Waals surface area contributed by atoms with Crippen LogP contribution in [0.15, 0.2) is 30.5 Å². The summed E-state index contributed by atoms with van der Waals surface area (Å²) in [7, 11) is 0. The number of aromatic nitrogens is 2. The molecule has 2 aromatic rings. The highest BCUT2D eigenvalue weighted by atomic mass is 16.6. The summed E-state index contributed by atoms with van der Waals surface area (Å²) in [6, 6.07) is 5.30. The van der Waals surface area contributed by atoms with E-state index in [1.807, 2.05) is 6.92 Å². The lowest BCUT2D eigenvalue weighted by atomic mass is 10.2. The van der Waals surface area contributed by atoms with Gasteiger partial charge in [-0.05, 0) is 26.8 Å². The van der Waals surface area contributed by atoms with Gasteiger partial charge in [0.25, 0.3) is 11.6 Å². The molecule has 0 atom stereocenters. The van der Waals surface area contributed by atoms with Gasteiger partial charge in [-0.3, -0.25) is 19.6 Å². The molecule has 1 heterocycles. The number of nitro benzene ring substituents is 1. The minimum absolute atomic E-state index is 0.0191. The van der Waals surface area contributed by atoms with E-state index in [9.17, 15) is 19.7 Å². The summed E-state index contributed by atoms with van der Waals surface area (Å²) in [5.41, 5.74) is 0.0660. The molecular formula is C16H18N4O5. The van der Waals surface area contributed by atoms with Crippen molar-refractivity contribution < 1.29 is 19.2 Å². The van der Waals surface area contributed by atoms with Crippen molar-refractivity contribution in [2.75, 3.05) is 5.32 Å². The number of carbonyl (C=O) groups excluding carboxylic acids is 2. The minimum Gasteiger partial charge on any atom is -0.458 e. The van der Waals surface area contributed by atoms with E-state index in [2.05, 4.69) is 10.4 Å². The quantitative estimate of drug-likeness (QED) is 0.488. The van der Waals surface area contributed by atoms with E-state index in [1.54, 1.807) is 13.8 Å². The molecule has 0 aliphatic rings. The van der Waals surface area contributed by atoms with Gasteiger partial charge < -0.3 is 10.1 Å². The molecule has 0 spiro atoms. The number of aryl methyl sites for hydroxylation is 1. The zero-order chi connectivity index (χ0) is 18.6. The largest absolute Gasteiger partial charge is 0.458 e. The lowest BCUT2D eigenvalue weighted by molar-refractivity contribution is -0.384. The molecule has 9 heteroatoms. The molecule has 25 heavy (non-hydrogen) atoms. The molecule has 0 aliphatic heterocycles. The first-order chi connectivity index (χ1) is 11.8. The number of amides is 1. The maximum absolute atomic E-state index is 12.4. The Morgan fingerprint density at radius 1 is 1.40 bits per heavy atom. The van der Waals surface area contributed by atoms with Gasteiger partial charge in [-0.1, -0.05) is 6.07 Å². The Balaban J connectivity index is 2.28. The molecule has 0 saturated carbocycles. The Bertz CT molecular complexity index is 813. The fraction of sp³-hybridized carbons (Fsp3) is 0.312. The van der Waals surface area contributed by atoms with E-state index < -0.39 is 16.8 Å². The third-order valence-electron chi connectivity index (χ3n) is 3.19. The van der Waals surface area contributed by atoms with Gasteiger partial charge in [-0.25, -0.2) is 4.79 Å². The molecule has 0 bridgehead atoms. The number of nitrogens with one attached hydrogen (secondary N) is 1. The Labute approximate surface area is 143 Å². The van der Waals surface area contributed by atoms with Crippen LogP contribution in [0.2, 0.25) is 0 Å². The average molecular weight is 346 g/mol. The van der Waals surface area contributed by atoms with Crippen LogP contribution in [0, 0.1) is 10.1 Å². The van der Waals surface area contributed by atoms with Crippen LogP contribution >= 0.6 is 0 Å². The van der Waals surface area contributed by atoms with Crippen LogP contribution in [0.5, 0.6) is 0 Å². The number of anilines is 1.